The highest BCUT2D eigenvalue weighted by Crippen LogP contribution is 2.33. The van der Waals surface area contributed by atoms with Crippen molar-refractivity contribution in [2.75, 3.05) is 12.4 Å². The number of aryl methyl sites for hydroxylation is 1. The van der Waals surface area contributed by atoms with E-state index in [1.807, 2.05) is 6.07 Å². The van der Waals surface area contributed by atoms with Crippen LogP contribution in [-0.4, -0.2) is 23.0 Å². The molecule has 2 nitrogen and oxygen atoms in total. The first kappa shape index (κ1) is 14.5. The van der Waals surface area contributed by atoms with Gasteiger partial charge in [0.1, 0.15) is 5.75 Å². The van der Waals surface area contributed by atoms with Gasteiger partial charge in [0.15, 0.2) is 0 Å². The average molecular weight is 292 g/mol. The Hall–Kier alpha value is -0.880. The van der Waals surface area contributed by atoms with Gasteiger partial charge in [-0.3, -0.25) is 0 Å². The molecule has 1 N–H and O–H groups in total. The van der Waals surface area contributed by atoms with Crippen LogP contribution >= 0.6 is 11.8 Å². The zero-order valence-corrected chi connectivity index (χ0v) is 11.1. The normalized spacial score (nSPS) is 19.1. The molecule has 0 saturated carbocycles. The van der Waals surface area contributed by atoms with Crippen molar-refractivity contribution in [1.29, 1.82) is 0 Å². The van der Waals surface area contributed by atoms with Crippen LogP contribution in [0.5, 0.6) is 5.75 Å². The van der Waals surface area contributed by atoms with Crippen molar-refractivity contribution in [3.63, 3.8) is 0 Å². The number of halogens is 3. The van der Waals surface area contributed by atoms with Crippen LogP contribution in [0.25, 0.3) is 0 Å². The van der Waals surface area contributed by atoms with Gasteiger partial charge in [0.05, 0.1) is 12.7 Å². The van der Waals surface area contributed by atoms with Crippen LogP contribution in [0.3, 0.4) is 0 Å². The number of rotatable bonds is 4. The Balaban J connectivity index is 1.89. The Bertz CT molecular complexity index is 434. The third kappa shape index (κ3) is 4.31. The largest absolute Gasteiger partial charge is 0.493 e. The lowest BCUT2D eigenvalue weighted by molar-refractivity contribution is -0.0329. The highest BCUT2D eigenvalue weighted by atomic mass is 32.2. The molecule has 1 aliphatic carbocycles. The van der Waals surface area contributed by atoms with Crippen molar-refractivity contribution in [2.45, 2.75) is 30.9 Å². The Kier molecular flexibility index (Phi) is 4.62. The molecule has 1 aromatic rings. The van der Waals surface area contributed by atoms with Crippen LogP contribution in [0, 0.1) is 0 Å². The van der Waals surface area contributed by atoms with E-state index in [0.29, 0.717) is 5.75 Å². The van der Waals surface area contributed by atoms with Gasteiger partial charge < -0.3 is 9.84 Å². The van der Waals surface area contributed by atoms with Crippen molar-refractivity contribution in [3.05, 3.63) is 29.3 Å². The fraction of sp³-hybridized carbons (Fsp3) is 0.538. The molecule has 1 aliphatic rings. The summed E-state index contributed by atoms with van der Waals surface area (Å²) in [5, 5.41) is 9.86. The molecule has 6 heteroatoms. The number of benzene rings is 1. The van der Waals surface area contributed by atoms with Gasteiger partial charge in [0, 0.05) is 5.75 Å². The molecule has 0 aliphatic heterocycles. The van der Waals surface area contributed by atoms with Crippen molar-refractivity contribution in [2.24, 2.45) is 0 Å². The molecular formula is C13H15F3O2S. The zero-order valence-electron chi connectivity index (χ0n) is 10.2. The van der Waals surface area contributed by atoms with Crippen molar-refractivity contribution in [1.82, 2.24) is 0 Å². The molecule has 0 spiro atoms. The Labute approximate surface area is 114 Å². The lowest BCUT2D eigenvalue weighted by Gasteiger charge is -2.22. The van der Waals surface area contributed by atoms with Gasteiger partial charge in [-0.2, -0.15) is 13.2 Å². The maximum atomic E-state index is 11.9. The monoisotopic (exact) mass is 292 g/mol. The van der Waals surface area contributed by atoms with Crippen LogP contribution in [0.2, 0.25) is 0 Å². The molecule has 0 unspecified atom stereocenters. The number of hydrogen-bond acceptors (Lipinski definition) is 3. The number of ether oxygens (including phenoxy) is 1. The minimum Gasteiger partial charge on any atom is -0.493 e. The second kappa shape index (κ2) is 6.05. The van der Waals surface area contributed by atoms with Crippen LogP contribution in [0.4, 0.5) is 13.2 Å². The lowest BCUT2D eigenvalue weighted by atomic mass is 9.89. The molecule has 0 fully saturated rings. The third-order valence-electron chi connectivity index (χ3n) is 3.02. The van der Waals surface area contributed by atoms with E-state index in [9.17, 15) is 18.3 Å². The second-order valence-corrected chi connectivity index (χ2v) is 5.57. The van der Waals surface area contributed by atoms with Crippen molar-refractivity contribution >= 4 is 11.8 Å². The summed E-state index contributed by atoms with van der Waals surface area (Å²) in [6.45, 7) is -0.000934. The molecule has 1 atom stereocenters. The summed E-state index contributed by atoms with van der Waals surface area (Å²) in [4.78, 5) is 0. The first-order chi connectivity index (χ1) is 8.96. The van der Waals surface area contributed by atoms with Gasteiger partial charge in [-0.1, -0.05) is 6.07 Å². The molecule has 0 saturated heterocycles. The minimum atomic E-state index is -4.21. The molecule has 2 rings (SSSR count). The molecule has 0 aromatic heterocycles. The molecule has 0 radical (unpaired) electrons. The van der Waals surface area contributed by atoms with Gasteiger partial charge in [0.25, 0.3) is 0 Å². The smallest absolute Gasteiger partial charge is 0.441 e. The van der Waals surface area contributed by atoms with E-state index in [1.54, 1.807) is 12.1 Å². The number of hydrogen-bond donors (Lipinski definition) is 1. The van der Waals surface area contributed by atoms with E-state index >= 15 is 0 Å². The van der Waals surface area contributed by atoms with Crippen molar-refractivity contribution in [3.8, 4) is 5.75 Å². The molecule has 106 valence electrons. The fourth-order valence-electron chi connectivity index (χ4n) is 2.16. The topological polar surface area (TPSA) is 29.5 Å². The van der Waals surface area contributed by atoms with E-state index < -0.39 is 11.6 Å². The van der Waals surface area contributed by atoms with Crippen LogP contribution < -0.4 is 4.74 Å². The number of aliphatic hydroxyl groups excluding tert-OH is 1. The van der Waals surface area contributed by atoms with Crippen molar-refractivity contribution < 1.29 is 23.0 Å². The molecule has 0 amide bonds. The van der Waals surface area contributed by atoms with Crippen LogP contribution in [0.15, 0.2) is 18.2 Å². The Morgan fingerprint density at radius 3 is 2.89 bits per heavy atom. The number of thioether (sulfide) groups is 1. The summed E-state index contributed by atoms with van der Waals surface area (Å²) >= 11 is -0.0922. The van der Waals surface area contributed by atoms with Gasteiger partial charge >= 0.3 is 5.51 Å². The molecule has 0 bridgehead atoms. The summed E-state index contributed by atoms with van der Waals surface area (Å²) in [7, 11) is 0. The van der Waals surface area contributed by atoms with E-state index in [2.05, 4.69) is 0 Å². The summed E-state index contributed by atoms with van der Waals surface area (Å²) in [5.74, 6) is 0.380. The maximum Gasteiger partial charge on any atom is 0.441 e. The predicted molar refractivity (Wildman–Crippen MR) is 68.3 cm³/mol. The third-order valence-corrected chi connectivity index (χ3v) is 3.72. The van der Waals surface area contributed by atoms with Crippen LogP contribution in [0.1, 0.15) is 30.1 Å². The quantitative estimate of drug-likeness (QED) is 0.858. The molecule has 19 heavy (non-hydrogen) atoms. The van der Waals surface area contributed by atoms with E-state index in [0.717, 1.165) is 30.4 Å². The summed E-state index contributed by atoms with van der Waals surface area (Å²) in [6, 6.07) is 5.36. The molecular weight excluding hydrogens is 277 g/mol. The zero-order chi connectivity index (χ0) is 13.9. The fourth-order valence-corrected chi connectivity index (χ4v) is 2.56. The highest BCUT2D eigenvalue weighted by molar-refractivity contribution is 8.00. The second-order valence-electron chi connectivity index (χ2n) is 4.41. The Morgan fingerprint density at radius 1 is 1.37 bits per heavy atom. The maximum absolute atomic E-state index is 11.9. The average Bonchev–Trinajstić information content (AvgIpc) is 2.34. The van der Waals surface area contributed by atoms with Gasteiger partial charge in [-0.25, -0.2) is 0 Å². The number of fused-ring (bicyclic) bond motifs is 1. The summed E-state index contributed by atoms with van der Waals surface area (Å²) < 4.78 is 41.1. The van der Waals surface area contributed by atoms with Gasteiger partial charge in [-0.15, -0.1) is 0 Å². The van der Waals surface area contributed by atoms with Gasteiger partial charge in [-0.05, 0) is 54.3 Å². The van der Waals surface area contributed by atoms with Gasteiger partial charge in [0.2, 0.25) is 0 Å². The predicted octanol–water partition coefficient (Wildman–Crippen LogP) is 3.69. The lowest BCUT2D eigenvalue weighted by Crippen LogP contribution is -2.10. The minimum absolute atomic E-state index is 0.000934. The Morgan fingerprint density at radius 2 is 2.16 bits per heavy atom. The summed E-state index contributed by atoms with van der Waals surface area (Å²) in [5.41, 5.74) is -2.28. The molecule has 0 heterocycles. The highest BCUT2D eigenvalue weighted by Gasteiger charge is 2.27. The first-order valence-electron chi connectivity index (χ1n) is 6.10. The van der Waals surface area contributed by atoms with Crippen LogP contribution in [-0.2, 0) is 6.42 Å². The molecule has 1 aromatic carbocycles. The SMILES string of the molecule is O[C@H]1CCCc2ccc(OCCSC(F)(F)F)cc21. The number of aliphatic hydroxyl groups is 1. The van der Waals surface area contributed by atoms with E-state index in [4.69, 9.17) is 4.74 Å². The van der Waals surface area contributed by atoms with E-state index in [-0.39, 0.29) is 24.1 Å². The number of alkyl halides is 3. The first-order valence-corrected chi connectivity index (χ1v) is 7.08. The standard InChI is InChI=1S/C13H15F3O2S/c14-13(15,16)19-7-6-18-10-5-4-9-2-1-3-12(17)11(9)8-10/h4-5,8,12,17H,1-3,6-7H2/t12-/m0/s1. The summed E-state index contributed by atoms with van der Waals surface area (Å²) in [6.07, 6.45) is 2.12. The van der Waals surface area contributed by atoms with E-state index in [1.165, 1.54) is 0 Å².